The van der Waals surface area contributed by atoms with Crippen LogP contribution < -0.4 is 10.6 Å². The Bertz CT molecular complexity index is 239. The average Bonchev–Trinajstić information content (AvgIpc) is 2.24. The van der Waals surface area contributed by atoms with Crippen molar-refractivity contribution in [3.05, 3.63) is 0 Å². The van der Waals surface area contributed by atoms with Crippen LogP contribution >= 0.6 is 11.8 Å². The summed E-state index contributed by atoms with van der Waals surface area (Å²) in [7, 11) is 4.21. The minimum atomic E-state index is 0.200. The van der Waals surface area contributed by atoms with E-state index in [2.05, 4.69) is 61.6 Å². The number of thioether (sulfide) groups is 1. The first kappa shape index (κ1) is 17.6. The van der Waals surface area contributed by atoms with E-state index < -0.39 is 0 Å². The van der Waals surface area contributed by atoms with Crippen LogP contribution in [0.1, 0.15) is 20.8 Å². The molecule has 0 spiro atoms. The van der Waals surface area contributed by atoms with Crippen LogP contribution in [-0.4, -0.2) is 63.1 Å². The van der Waals surface area contributed by atoms with Crippen molar-refractivity contribution in [1.29, 1.82) is 0 Å². The van der Waals surface area contributed by atoms with E-state index in [1.54, 1.807) is 0 Å². The normalized spacial score (nSPS) is 12.9. The third kappa shape index (κ3) is 9.59. The second kappa shape index (κ2) is 9.50. The highest BCUT2D eigenvalue weighted by Gasteiger charge is 2.18. The molecule has 0 fully saturated rings. The van der Waals surface area contributed by atoms with Gasteiger partial charge in [0.2, 0.25) is 0 Å². The van der Waals surface area contributed by atoms with Gasteiger partial charge in [0.15, 0.2) is 5.96 Å². The van der Waals surface area contributed by atoms with Gasteiger partial charge >= 0.3 is 0 Å². The molecule has 0 bridgehead atoms. The maximum Gasteiger partial charge on any atom is 0.191 e. The van der Waals surface area contributed by atoms with Crippen LogP contribution in [0.2, 0.25) is 0 Å². The Balaban J connectivity index is 4.27. The maximum absolute atomic E-state index is 4.67. The van der Waals surface area contributed by atoms with Gasteiger partial charge in [-0.15, -0.1) is 0 Å². The first-order valence-electron chi connectivity index (χ1n) is 6.57. The zero-order chi connectivity index (χ0) is 14.0. The molecule has 5 heteroatoms. The van der Waals surface area contributed by atoms with Crippen LogP contribution in [0.5, 0.6) is 0 Å². The number of nitrogens with zero attached hydrogens (tertiary/aromatic N) is 2. The van der Waals surface area contributed by atoms with E-state index in [0.717, 1.165) is 37.9 Å². The molecule has 0 saturated carbocycles. The lowest BCUT2D eigenvalue weighted by molar-refractivity contribution is 0.248. The van der Waals surface area contributed by atoms with Gasteiger partial charge in [-0.1, -0.05) is 13.8 Å². The minimum absolute atomic E-state index is 0.200. The zero-order valence-electron chi connectivity index (χ0n) is 12.8. The molecule has 0 radical (unpaired) electrons. The van der Waals surface area contributed by atoms with E-state index in [9.17, 15) is 0 Å². The number of nitrogens with one attached hydrogen (secondary N) is 2. The molecule has 0 rings (SSSR count). The Morgan fingerprint density at radius 2 is 1.94 bits per heavy atom. The average molecular weight is 274 g/mol. The molecule has 0 saturated heterocycles. The predicted octanol–water partition coefficient (Wildman–Crippen LogP) is 1.49. The Labute approximate surface area is 117 Å². The van der Waals surface area contributed by atoms with Gasteiger partial charge in [0.1, 0.15) is 0 Å². The molecule has 0 aliphatic rings. The quantitative estimate of drug-likeness (QED) is 0.400. The van der Waals surface area contributed by atoms with Crippen LogP contribution in [0.25, 0.3) is 0 Å². The fourth-order valence-corrected chi connectivity index (χ4v) is 2.12. The van der Waals surface area contributed by atoms with Crippen molar-refractivity contribution < 1.29 is 0 Å². The molecule has 18 heavy (non-hydrogen) atoms. The summed E-state index contributed by atoms with van der Waals surface area (Å²) in [6.45, 7) is 10.3. The number of guanidine groups is 1. The topological polar surface area (TPSA) is 39.7 Å². The summed E-state index contributed by atoms with van der Waals surface area (Å²) >= 11 is 1.84. The summed E-state index contributed by atoms with van der Waals surface area (Å²) in [6, 6.07) is 0. The third-order valence-corrected chi connectivity index (χ3v) is 2.96. The van der Waals surface area contributed by atoms with E-state index >= 15 is 0 Å². The van der Waals surface area contributed by atoms with Crippen LogP contribution in [0, 0.1) is 5.41 Å². The van der Waals surface area contributed by atoms with Gasteiger partial charge in [-0.25, -0.2) is 0 Å². The Kier molecular flexibility index (Phi) is 9.28. The van der Waals surface area contributed by atoms with Gasteiger partial charge in [-0.3, -0.25) is 4.99 Å². The molecule has 0 aliphatic carbocycles. The van der Waals surface area contributed by atoms with Crippen molar-refractivity contribution in [3.63, 3.8) is 0 Å². The summed E-state index contributed by atoms with van der Waals surface area (Å²) < 4.78 is 0. The maximum atomic E-state index is 4.67. The Morgan fingerprint density at radius 3 is 2.44 bits per heavy atom. The fourth-order valence-electron chi connectivity index (χ4n) is 1.81. The first-order valence-corrected chi connectivity index (χ1v) is 7.96. The molecule has 0 atom stereocenters. The van der Waals surface area contributed by atoms with Crippen molar-refractivity contribution >= 4 is 17.7 Å². The molecule has 4 nitrogen and oxygen atoms in total. The first-order chi connectivity index (χ1) is 8.41. The molecule has 0 aliphatic heterocycles. The van der Waals surface area contributed by atoms with Gasteiger partial charge in [-0.2, -0.15) is 11.8 Å². The van der Waals surface area contributed by atoms with Crippen molar-refractivity contribution in [2.75, 3.05) is 52.3 Å². The Hall–Kier alpha value is -0.420. The molecule has 108 valence electrons. The molecule has 0 aromatic carbocycles. The molecule has 2 N–H and O–H groups in total. The predicted molar refractivity (Wildman–Crippen MR) is 84.7 cm³/mol. The van der Waals surface area contributed by atoms with Gasteiger partial charge in [0.05, 0.1) is 0 Å². The van der Waals surface area contributed by atoms with Gasteiger partial charge in [-0.05, 0) is 32.7 Å². The largest absolute Gasteiger partial charge is 0.357 e. The number of rotatable bonds is 8. The lowest BCUT2D eigenvalue weighted by Crippen LogP contribution is -2.40. The van der Waals surface area contributed by atoms with E-state index in [-0.39, 0.29) is 5.41 Å². The van der Waals surface area contributed by atoms with Crippen molar-refractivity contribution in [2.24, 2.45) is 10.4 Å². The standard InChI is InChI=1S/C13H30N4S/c1-7-14-12(15-8-9-18-6)16-10-13(2,3)11-17(4)5/h7-11H2,1-6H3,(H2,14,15,16). The number of hydrogen-bond acceptors (Lipinski definition) is 3. The van der Waals surface area contributed by atoms with Crippen LogP contribution in [0.3, 0.4) is 0 Å². The van der Waals surface area contributed by atoms with Gasteiger partial charge in [0.25, 0.3) is 0 Å². The van der Waals surface area contributed by atoms with Crippen molar-refractivity contribution in [1.82, 2.24) is 15.5 Å². The SMILES string of the molecule is CCNC(=NCC(C)(C)CN(C)C)NCCSC. The van der Waals surface area contributed by atoms with Crippen LogP contribution in [-0.2, 0) is 0 Å². The number of hydrogen-bond donors (Lipinski definition) is 2. The van der Waals surface area contributed by atoms with E-state index in [4.69, 9.17) is 0 Å². The summed E-state index contributed by atoms with van der Waals surface area (Å²) in [4.78, 5) is 6.88. The van der Waals surface area contributed by atoms with E-state index in [1.807, 2.05) is 11.8 Å². The monoisotopic (exact) mass is 274 g/mol. The fraction of sp³-hybridized carbons (Fsp3) is 0.923. The highest BCUT2D eigenvalue weighted by Crippen LogP contribution is 2.15. The summed E-state index contributed by atoms with van der Waals surface area (Å²) in [5.41, 5.74) is 0.200. The second-order valence-electron chi connectivity index (χ2n) is 5.52. The second-order valence-corrected chi connectivity index (χ2v) is 6.50. The van der Waals surface area contributed by atoms with E-state index in [1.165, 1.54) is 0 Å². The van der Waals surface area contributed by atoms with Gasteiger partial charge < -0.3 is 15.5 Å². The molecular formula is C13H30N4S. The van der Waals surface area contributed by atoms with Crippen LogP contribution in [0.4, 0.5) is 0 Å². The molecule has 0 heterocycles. The Morgan fingerprint density at radius 1 is 1.28 bits per heavy atom. The van der Waals surface area contributed by atoms with Gasteiger partial charge in [0, 0.05) is 31.9 Å². The summed E-state index contributed by atoms with van der Waals surface area (Å²) in [5.74, 6) is 2.03. The lowest BCUT2D eigenvalue weighted by atomic mass is 9.93. The molecule has 0 aromatic rings. The third-order valence-electron chi connectivity index (χ3n) is 2.35. The number of aliphatic imine (C=N–C) groups is 1. The molecule has 0 aromatic heterocycles. The highest BCUT2D eigenvalue weighted by atomic mass is 32.2. The molecule has 0 unspecified atom stereocenters. The summed E-state index contributed by atoms with van der Waals surface area (Å²) in [6.07, 6.45) is 2.12. The minimum Gasteiger partial charge on any atom is -0.357 e. The highest BCUT2D eigenvalue weighted by molar-refractivity contribution is 7.98. The van der Waals surface area contributed by atoms with E-state index in [0.29, 0.717) is 0 Å². The summed E-state index contributed by atoms with van der Waals surface area (Å²) in [5, 5.41) is 6.64. The van der Waals surface area contributed by atoms with Crippen molar-refractivity contribution in [3.8, 4) is 0 Å². The zero-order valence-corrected chi connectivity index (χ0v) is 13.7. The smallest absolute Gasteiger partial charge is 0.191 e. The molecular weight excluding hydrogens is 244 g/mol. The molecule has 0 amide bonds. The van der Waals surface area contributed by atoms with Crippen LogP contribution in [0.15, 0.2) is 4.99 Å². The van der Waals surface area contributed by atoms with Crippen molar-refractivity contribution in [2.45, 2.75) is 20.8 Å². The lowest BCUT2D eigenvalue weighted by Gasteiger charge is -2.26.